The summed E-state index contributed by atoms with van der Waals surface area (Å²) in [6, 6.07) is 11.9. The van der Waals surface area contributed by atoms with Crippen LogP contribution in [0.5, 0.6) is 5.75 Å². The Labute approximate surface area is 173 Å². The molecular formula is C21H23FN6O2. The van der Waals surface area contributed by atoms with E-state index in [0.29, 0.717) is 12.2 Å². The molecule has 1 amide bonds. The van der Waals surface area contributed by atoms with Crippen molar-refractivity contribution in [3.63, 3.8) is 0 Å². The molecule has 1 saturated carbocycles. The van der Waals surface area contributed by atoms with Gasteiger partial charge in [0.15, 0.2) is 0 Å². The van der Waals surface area contributed by atoms with E-state index in [0.717, 1.165) is 23.4 Å². The number of likely N-dealkylation sites (N-methyl/N-ethyl adjacent to an activating group) is 1. The predicted molar refractivity (Wildman–Crippen MR) is 109 cm³/mol. The molecule has 1 heterocycles. The molecule has 4 rings (SSSR count). The number of amides is 1. The average Bonchev–Trinajstić information content (AvgIpc) is 3.43. The van der Waals surface area contributed by atoms with E-state index in [9.17, 15) is 9.18 Å². The third kappa shape index (κ3) is 3.58. The van der Waals surface area contributed by atoms with Crippen LogP contribution in [0.1, 0.15) is 24.3 Å². The first-order valence-electron chi connectivity index (χ1n) is 9.68. The van der Waals surface area contributed by atoms with Crippen molar-refractivity contribution in [3.05, 3.63) is 60.2 Å². The van der Waals surface area contributed by atoms with Gasteiger partial charge in [-0.25, -0.2) is 9.07 Å². The largest absolute Gasteiger partial charge is 0.495 e. The van der Waals surface area contributed by atoms with E-state index >= 15 is 0 Å². The molecule has 30 heavy (non-hydrogen) atoms. The Bertz CT molecular complexity index is 1020. The summed E-state index contributed by atoms with van der Waals surface area (Å²) >= 11 is 0. The van der Waals surface area contributed by atoms with Crippen molar-refractivity contribution in [2.45, 2.75) is 24.8 Å². The maximum Gasteiger partial charge on any atom is 0.221 e. The van der Waals surface area contributed by atoms with Crippen LogP contribution < -0.4 is 15.4 Å². The van der Waals surface area contributed by atoms with Gasteiger partial charge in [-0.1, -0.05) is 12.1 Å². The van der Waals surface area contributed by atoms with Gasteiger partial charge < -0.3 is 15.4 Å². The molecule has 0 bridgehead atoms. The summed E-state index contributed by atoms with van der Waals surface area (Å²) in [7, 11) is 3.58. The van der Waals surface area contributed by atoms with E-state index in [2.05, 4.69) is 20.4 Å². The summed E-state index contributed by atoms with van der Waals surface area (Å²) in [5.74, 6) is -0.441. The lowest BCUT2D eigenvalue weighted by Gasteiger charge is -2.34. The second kappa shape index (κ2) is 8.10. The van der Waals surface area contributed by atoms with Gasteiger partial charge in [0, 0.05) is 24.9 Å². The molecule has 2 N–H and O–H groups in total. The number of ether oxygens (including phenoxy) is 1. The summed E-state index contributed by atoms with van der Waals surface area (Å²) in [5.41, 5.74) is 8.24. The minimum absolute atomic E-state index is 0.0222. The second-order valence-corrected chi connectivity index (χ2v) is 7.45. The van der Waals surface area contributed by atoms with Crippen molar-refractivity contribution in [2.24, 2.45) is 11.7 Å². The van der Waals surface area contributed by atoms with Crippen molar-refractivity contribution in [1.29, 1.82) is 0 Å². The zero-order chi connectivity index (χ0) is 21.3. The lowest BCUT2D eigenvalue weighted by Crippen LogP contribution is -2.37. The molecule has 3 aromatic rings. The van der Waals surface area contributed by atoms with Crippen molar-refractivity contribution in [2.75, 3.05) is 19.1 Å². The van der Waals surface area contributed by atoms with Gasteiger partial charge in [-0.2, -0.15) is 0 Å². The van der Waals surface area contributed by atoms with Crippen LogP contribution in [0.4, 0.5) is 10.1 Å². The van der Waals surface area contributed by atoms with Crippen molar-refractivity contribution in [3.8, 4) is 11.4 Å². The molecule has 2 aromatic carbocycles. The molecule has 0 saturated heterocycles. The lowest BCUT2D eigenvalue weighted by molar-refractivity contribution is -0.122. The van der Waals surface area contributed by atoms with Gasteiger partial charge in [0.25, 0.3) is 0 Å². The molecule has 9 heteroatoms. The molecule has 3 atom stereocenters. The molecule has 156 valence electrons. The van der Waals surface area contributed by atoms with E-state index in [4.69, 9.17) is 10.5 Å². The first-order valence-corrected chi connectivity index (χ1v) is 9.68. The molecule has 0 spiro atoms. The fourth-order valence-corrected chi connectivity index (χ4v) is 4.43. The Hall–Kier alpha value is -3.49. The number of tetrazole rings is 1. The van der Waals surface area contributed by atoms with Gasteiger partial charge in [0.05, 0.1) is 18.5 Å². The first kappa shape index (κ1) is 19.8. The molecule has 8 nitrogen and oxygen atoms in total. The minimum atomic E-state index is -0.338. The lowest BCUT2D eigenvalue weighted by atomic mass is 9.85. The maximum atomic E-state index is 13.5. The van der Waals surface area contributed by atoms with Crippen LogP contribution >= 0.6 is 0 Å². The van der Waals surface area contributed by atoms with E-state index in [1.54, 1.807) is 23.9 Å². The number of benzene rings is 2. The zero-order valence-corrected chi connectivity index (χ0v) is 16.8. The number of primary amides is 1. The molecule has 0 unspecified atom stereocenters. The highest BCUT2D eigenvalue weighted by Crippen LogP contribution is 2.45. The van der Waals surface area contributed by atoms with Gasteiger partial charge in [-0.15, -0.1) is 5.10 Å². The van der Waals surface area contributed by atoms with E-state index in [-0.39, 0.29) is 29.6 Å². The Morgan fingerprint density at radius 3 is 2.63 bits per heavy atom. The Balaban J connectivity index is 1.73. The highest BCUT2D eigenvalue weighted by atomic mass is 19.1. The molecule has 1 aliphatic rings. The smallest absolute Gasteiger partial charge is 0.221 e. The van der Waals surface area contributed by atoms with Gasteiger partial charge >= 0.3 is 0 Å². The number of carbonyl (C=O) groups is 1. The Morgan fingerprint density at radius 2 is 2.00 bits per heavy atom. The van der Waals surface area contributed by atoms with E-state index < -0.39 is 0 Å². The van der Waals surface area contributed by atoms with Crippen LogP contribution in [0.3, 0.4) is 0 Å². The topological polar surface area (TPSA) is 99.2 Å². The predicted octanol–water partition coefficient (Wildman–Crippen LogP) is 2.29. The third-order valence-electron chi connectivity index (χ3n) is 5.90. The van der Waals surface area contributed by atoms with Crippen molar-refractivity contribution >= 4 is 11.6 Å². The number of halogens is 1. The van der Waals surface area contributed by atoms with E-state index in [1.165, 1.54) is 18.5 Å². The van der Waals surface area contributed by atoms with Crippen molar-refractivity contribution in [1.82, 2.24) is 20.2 Å². The summed E-state index contributed by atoms with van der Waals surface area (Å²) in [6.45, 7) is 0. The van der Waals surface area contributed by atoms with Crippen LogP contribution in [0.25, 0.3) is 5.69 Å². The molecule has 1 fully saturated rings. The van der Waals surface area contributed by atoms with E-state index in [1.807, 2.05) is 25.2 Å². The zero-order valence-electron chi connectivity index (χ0n) is 16.8. The number of nitrogens with zero attached hydrogens (tertiary/aromatic N) is 5. The summed E-state index contributed by atoms with van der Waals surface area (Å²) in [4.78, 5) is 14.3. The van der Waals surface area contributed by atoms with Gasteiger partial charge in [-0.3, -0.25) is 4.79 Å². The Morgan fingerprint density at radius 1 is 1.23 bits per heavy atom. The summed E-state index contributed by atoms with van der Waals surface area (Å²) in [5, 5.41) is 11.3. The minimum Gasteiger partial charge on any atom is -0.495 e. The number of nitrogens with two attached hydrogens (primary N) is 1. The second-order valence-electron chi connectivity index (χ2n) is 7.45. The number of rotatable bonds is 6. The first-order chi connectivity index (χ1) is 14.5. The van der Waals surface area contributed by atoms with Crippen LogP contribution in [0.2, 0.25) is 0 Å². The molecule has 0 aliphatic heterocycles. The quantitative estimate of drug-likeness (QED) is 0.669. The number of methoxy groups -OCH3 is 1. The summed E-state index contributed by atoms with van der Waals surface area (Å²) < 4.78 is 20.6. The molecule has 0 radical (unpaired) electrons. The van der Waals surface area contributed by atoms with Crippen molar-refractivity contribution < 1.29 is 13.9 Å². The van der Waals surface area contributed by atoms with Gasteiger partial charge in [0.2, 0.25) is 5.91 Å². The molecule has 1 aromatic heterocycles. The monoisotopic (exact) mass is 410 g/mol. The molecule has 1 aliphatic carbocycles. The SMILES string of the molecule is COc1ccc(-n2cnnn2)cc1N(C)[C@H]1CC[C@H](C(N)=O)[C@H]1c1ccc(F)cc1. The van der Waals surface area contributed by atoms with Gasteiger partial charge in [0.1, 0.15) is 17.9 Å². The third-order valence-corrected chi connectivity index (χ3v) is 5.90. The number of hydrogen-bond donors (Lipinski definition) is 1. The normalized spacial score (nSPS) is 20.8. The van der Waals surface area contributed by atoms with Crippen LogP contribution in [0, 0.1) is 11.7 Å². The standard InChI is InChI=1S/C21H23FN6O2/c1-27(18-11-15(7-10-19(18)30-2)28-12-24-25-26-28)17-9-8-16(21(23)29)20(17)13-3-5-14(22)6-4-13/h3-7,10-12,16-17,20H,8-9H2,1-2H3,(H2,23,29)/t16-,17-,20+/m0/s1. The number of hydrogen-bond acceptors (Lipinski definition) is 6. The summed E-state index contributed by atoms with van der Waals surface area (Å²) in [6.07, 6.45) is 2.96. The average molecular weight is 410 g/mol. The highest BCUT2D eigenvalue weighted by molar-refractivity contribution is 5.79. The number of aromatic nitrogens is 4. The fourth-order valence-electron chi connectivity index (χ4n) is 4.43. The molecular weight excluding hydrogens is 387 g/mol. The maximum absolute atomic E-state index is 13.5. The van der Waals surface area contributed by atoms with Gasteiger partial charge in [-0.05, 0) is 59.2 Å². The van der Waals surface area contributed by atoms with Crippen LogP contribution in [-0.2, 0) is 4.79 Å². The Kier molecular flexibility index (Phi) is 5.35. The fraction of sp³-hybridized carbons (Fsp3) is 0.333. The van der Waals surface area contributed by atoms with Crippen LogP contribution in [-0.4, -0.2) is 46.3 Å². The van der Waals surface area contributed by atoms with Crippen LogP contribution in [0.15, 0.2) is 48.8 Å². The highest BCUT2D eigenvalue weighted by Gasteiger charge is 2.42. The number of anilines is 1. The number of carbonyl (C=O) groups excluding carboxylic acids is 1.